The summed E-state index contributed by atoms with van der Waals surface area (Å²) in [5.41, 5.74) is 4.12. The van der Waals surface area contributed by atoms with Crippen molar-refractivity contribution in [2.24, 2.45) is 0 Å². The average Bonchev–Trinajstić information content (AvgIpc) is 2.81. The Balaban J connectivity index is 1.92. The van der Waals surface area contributed by atoms with Crippen LogP contribution < -0.4 is 10.1 Å². The molecular formula is C29H34N2O3. The summed E-state index contributed by atoms with van der Waals surface area (Å²) in [6.45, 7) is 8.02. The quantitative estimate of drug-likeness (QED) is 0.473. The van der Waals surface area contributed by atoms with Crippen molar-refractivity contribution < 1.29 is 14.3 Å². The smallest absolute Gasteiger partial charge is 0.261 e. The third kappa shape index (κ3) is 7.20. The Hall–Kier alpha value is -3.60. The summed E-state index contributed by atoms with van der Waals surface area (Å²) in [5, 5.41) is 3.01. The highest BCUT2D eigenvalue weighted by molar-refractivity contribution is 5.88. The normalized spacial score (nSPS) is 11.7. The Labute approximate surface area is 202 Å². The van der Waals surface area contributed by atoms with Crippen molar-refractivity contribution in [3.05, 3.63) is 101 Å². The maximum absolute atomic E-state index is 13.6. The zero-order valence-electron chi connectivity index (χ0n) is 20.5. The highest BCUT2D eigenvalue weighted by atomic mass is 16.5. The van der Waals surface area contributed by atoms with Crippen molar-refractivity contribution in [3.8, 4) is 5.75 Å². The molecule has 3 aromatic carbocycles. The van der Waals surface area contributed by atoms with Crippen molar-refractivity contribution in [3.63, 3.8) is 0 Å². The molecule has 1 atom stereocenters. The Morgan fingerprint density at radius 2 is 1.62 bits per heavy atom. The number of ether oxygens (including phenoxy) is 1. The summed E-state index contributed by atoms with van der Waals surface area (Å²) >= 11 is 0. The molecule has 0 spiro atoms. The third-order valence-corrected chi connectivity index (χ3v) is 5.66. The van der Waals surface area contributed by atoms with Gasteiger partial charge in [0.15, 0.2) is 6.61 Å². The molecule has 0 heterocycles. The molecule has 2 amide bonds. The van der Waals surface area contributed by atoms with E-state index < -0.39 is 6.04 Å². The molecule has 1 N–H and O–H groups in total. The number of rotatable bonds is 10. The summed E-state index contributed by atoms with van der Waals surface area (Å²) in [5.74, 6) is 0.233. The van der Waals surface area contributed by atoms with E-state index in [0.29, 0.717) is 18.7 Å². The van der Waals surface area contributed by atoms with Crippen LogP contribution in [-0.4, -0.2) is 35.4 Å². The number of hydrogen-bond acceptors (Lipinski definition) is 3. The van der Waals surface area contributed by atoms with Crippen LogP contribution in [0.25, 0.3) is 0 Å². The van der Waals surface area contributed by atoms with Crippen LogP contribution in [0.3, 0.4) is 0 Å². The van der Waals surface area contributed by atoms with Gasteiger partial charge < -0.3 is 15.0 Å². The van der Waals surface area contributed by atoms with Gasteiger partial charge in [0.25, 0.3) is 5.91 Å². The number of amides is 2. The lowest BCUT2D eigenvalue weighted by atomic mass is 10.0. The molecule has 5 nitrogen and oxygen atoms in total. The maximum atomic E-state index is 13.6. The fourth-order valence-electron chi connectivity index (χ4n) is 3.84. The third-order valence-electron chi connectivity index (χ3n) is 5.66. The van der Waals surface area contributed by atoms with Gasteiger partial charge in [-0.05, 0) is 62.1 Å². The molecule has 34 heavy (non-hydrogen) atoms. The minimum atomic E-state index is -0.669. The predicted molar refractivity (Wildman–Crippen MR) is 136 cm³/mol. The fourth-order valence-corrected chi connectivity index (χ4v) is 3.84. The molecule has 0 unspecified atom stereocenters. The lowest BCUT2D eigenvalue weighted by Crippen LogP contribution is -2.52. The van der Waals surface area contributed by atoms with Crippen molar-refractivity contribution in [2.45, 2.75) is 52.7 Å². The highest BCUT2D eigenvalue weighted by Crippen LogP contribution is 2.18. The first kappa shape index (κ1) is 25.0. The van der Waals surface area contributed by atoms with Crippen LogP contribution in [0, 0.1) is 13.8 Å². The number of carbonyl (C=O) groups excluding carboxylic acids is 2. The van der Waals surface area contributed by atoms with Gasteiger partial charge in [0, 0.05) is 19.0 Å². The van der Waals surface area contributed by atoms with Gasteiger partial charge in [0.1, 0.15) is 11.8 Å². The molecule has 0 aliphatic heterocycles. The van der Waals surface area contributed by atoms with Crippen LogP contribution in [0.4, 0.5) is 0 Å². The van der Waals surface area contributed by atoms with Gasteiger partial charge in [-0.25, -0.2) is 0 Å². The number of hydrogen-bond donors (Lipinski definition) is 1. The van der Waals surface area contributed by atoms with E-state index >= 15 is 0 Å². The van der Waals surface area contributed by atoms with Gasteiger partial charge in [0.05, 0.1) is 0 Å². The second-order valence-corrected chi connectivity index (χ2v) is 8.92. The van der Waals surface area contributed by atoms with Crippen LogP contribution >= 0.6 is 0 Å². The molecule has 0 aliphatic carbocycles. The van der Waals surface area contributed by atoms with Crippen molar-refractivity contribution in [1.29, 1.82) is 0 Å². The fraction of sp³-hybridized carbons (Fsp3) is 0.310. The number of nitrogens with one attached hydrogen (secondary N) is 1. The summed E-state index contributed by atoms with van der Waals surface area (Å²) in [6.07, 6.45) is 0.418. The summed E-state index contributed by atoms with van der Waals surface area (Å²) in [4.78, 5) is 28.6. The van der Waals surface area contributed by atoms with E-state index in [2.05, 4.69) is 5.32 Å². The van der Waals surface area contributed by atoms with E-state index in [4.69, 9.17) is 4.74 Å². The molecule has 0 saturated carbocycles. The van der Waals surface area contributed by atoms with Gasteiger partial charge in [0.2, 0.25) is 5.91 Å². The molecule has 3 rings (SSSR count). The Kier molecular flexibility index (Phi) is 8.86. The first-order valence-electron chi connectivity index (χ1n) is 11.7. The predicted octanol–water partition coefficient (Wildman–Crippen LogP) is 4.85. The van der Waals surface area contributed by atoms with Crippen molar-refractivity contribution in [1.82, 2.24) is 10.2 Å². The zero-order chi connectivity index (χ0) is 24.5. The minimum absolute atomic E-state index is 0.0373. The average molecular weight is 459 g/mol. The van der Waals surface area contributed by atoms with Crippen molar-refractivity contribution >= 4 is 11.8 Å². The lowest BCUT2D eigenvalue weighted by molar-refractivity contribution is -0.143. The minimum Gasteiger partial charge on any atom is -0.484 e. The highest BCUT2D eigenvalue weighted by Gasteiger charge is 2.31. The van der Waals surface area contributed by atoms with Crippen LogP contribution in [0.5, 0.6) is 5.75 Å². The van der Waals surface area contributed by atoms with Crippen LogP contribution in [0.15, 0.2) is 78.9 Å². The van der Waals surface area contributed by atoms with E-state index in [9.17, 15) is 9.59 Å². The molecule has 5 heteroatoms. The van der Waals surface area contributed by atoms with E-state index in [1.807, 2.05) is 107 Å². The largest absolute Gasteiger partial charge is 0.484 e. The van der Waals surface area contributed by atoms with E-state index in [1.165, 1.54) is 0 Å². The Morgan fingerprint density at radius 3 is 2.29 bits per heavy atom. The molecule has 0 bridgehead atoms. The van der Waals surface area contributed by atoms with Crippen LogP contribution in [-0.2, 0) is 22.6 Å². The summed E-state index contributed by atoms with van der Waals surface area (Å²) in [7, 11) is 0. The molecular weight excluding hydrogens is 424 g/mol. The van der Waals surface area contributed by atoms with Gasteiger partial charge in [-0.3, -0.25) is 9.59 Å². The molecule has 0 radical (unpaired) electrons. The maximum Gasteiger partial charge on any atom is 0.261 e. The molecule has 0 saturated heterocycles. The van der Waals surface area contributed by atoms with Gasteiger partial charge >= 0.3 is 0 Å². The SMILES string of the molecule is Cc1cccc(OCC(=O)N(Cc2ccccc2C)[C@H](Cc2ccccc2)C(=O)NC(C)C)c1. The molecule has 178 valence electrons. The first-order valence-corrected chi connectivity index (χ1v) is 11.7. The zero-order valence-corrected chi connectivity index (χ0v) is 20.5. The lowest BCUT2D eigenvalue weighted by Gasteiger charge is -2.32. The topological polar surface area (TPSA) is 58.6 Å². The number of carbonyl (C=O) groups is 2. The number of aryl methyl sites for hydroxylation is 2. The van der Waals surface area contributed by atoms with Gasteiger partial charge in [-0.15, -0.1) is 0 Å². The van der Waals surface area contributed by atoms with E-state index in [1.54, 1.807) is 4.90 Å². The second-order valence-electron chi connectivity index (χ2n) is 8.92. The molecule has 0 aromatic heterocycles. The molecule has 0 aliphatic rings. The van der Waals surface area contributed by atoms with Crippen LogP contribution in [0.1, 0.15) is 36.1 Å². The standard InChI is InChI=1S/C29H34N2O3/c1-21(2)30-29(33)27(18-24-13-6-5-7-14-24)31(19-25-15-9-8-12-23(25)4)28(32)20-34-26-16-10-11-22(3)17-26/h5-17,21,27H,18-20H2,1-4H3,(H,30,33)/t27-/m1/s1. The molecule has 3 aromatic rings. The summed E-state index contributed by atoms with van der Waals surface area (Å²) in [6, 6.07) is 24.6. The van der Waals surface area contributed by atoms with E-state index in [-0.39, 0.29) is 24.5 Å². The Bertz CT molecular complexity index is 1100. The van der Waals surface area contributed by atoms with Gasteiger partial charge in [-0.2, -0.15) is 0 Å². The Morgan fingerprint density at radius 1 is 0.912 bits per heavy atom. The van der Waals surface area contributed by atoms with Crippen molar-refractivity contribution in [2.75, 3.05) is 6.61 Å². The second kappa shape index (κ2) is 12.0. The number of nitrogens with zero attached hydrogens (tertiary/aromatic N) is 1. The van der Waals surface area contributed by atoms with E-state index in [0.717, 1.165) is 22.3 Å². The number of benzene rings is 3. The van der Waals surface area contributed by atoms with Crippen LogP contribution in [0.2, 0.25) is 0 Å². The summed E-state index contributed by atoms with van der Waals surface area (Å²) < 4.78 is 5.84. The monoisotopic (exact) mass is 458 g/mol. The first-order chi connectivity index (χ1) is 16.3. The molecule has 0 fully saturated rings. The van der Waals surface area contributed by atoms with Gasteiger partial charge in [-0.1, -0.05) is 66.7 Å².